The standard InChI is InChI=1S/C19H18ClF3N4OS/c1-29-18-26-14(12-9-25-13-6-7-24-17(20)16(12)13)8-15(27-18)28-11-4-2-10(3-5-11)19(21,22)23/h6-11,25H,2-5H2,1H3. The molecule has 3 heterocycles. The van der Waals surface area contributed by atoms with Crippen LogP contribution in [-0.4, -0.2) is 38.5 Å². The summed E-state index contributed by atoms with van der Waals surface area (Å²) in [6.45, 7) is 0. The van der Waals surface area contributed by atoms with Gasteiger partial charge in [0.1, 0.15) is 11.3 Å². The fourth-order valence-corrected chi connectivity index (χ4v) is 4.24. The molecule has 3 aromatic rings. The summed E-state index contributed by atoms with van der Waals surface area (Å²) >= 11 is 7.63. The molecule has 1 saturated carbocycles. The molecule has 0 aliphatic heterocycles. The summed E-state index contributed by atoms with van der Waals surface area (Å²) in [7, 11) is 0. The molecule has 0 radical (unpaired) electrons. The zero-order valence-corrected chi connectivity index (χ0v) is 17.0. The van der Waals surface area contributed by atoms with Gasteiger partial charge >= 0.3 is 6.18 Å². The zero-order valence-electron chi connectivity index (χ0n) is 15.5. The molecule has 0 atom stereocenters. The number of alkyl halides is 3. The van der Waals surface area contributed by atoms with Crippen molar-refractivity contribution in [3.05, 3.63) is 29.7 Å². The van der Waals surface area contributed by atoms with Gasteiger partial charge in [-0.25, -0.2) is 9.97 Å². The molecule has 0 unspecified atom stereocenters. The van der Waals surface area contributed by atoms with E-state index < -0.39 is 12.1 Å². The Labute approximate surface area is 174 Å². The quantitative estimate of drug-likeness (QED) is 0.310. The molecule has 0 amide bonds. The molecular formula is C19H18ClF3N4OS. The van der Waals surface area contributed by atoms with Crippen molar-refractivity contribution < 1.29 is 17.9 Å². The molecular weight excluding hydrogens is 425 g/mol. The minimum atomic E-state index is -4.14. The lowest BCUT2D eigenvalue weighted by molar-refractivity contribution is -0.185. The number of ether oxygens (including phenoxy) is 1. The van der Waals surface area contributed by atoms with E-state index in [4.69, 9.17) is 16.3 Å². The number of nitrogens with zero attached hydrogens (tertiary/aromatic N) is 3. The fourth-order valence-electron chi connectivity index (χ4n) is 3.61. The van der Waals surface area contributed by atoms with Gasteiger partial charge in [-0.2, -0.15) is 18.2 Å². The van der Waals surface area contributed by atoms with Gasteiger partial charge < -0.3 is 9.72 Å². The van der Waals surface area contributed by atoms with Crippen LogP contribution in [0.5, 0.6) is 5.88 Å². The maximum absolute atomic E-state index is 12.9. The van der Waals surface area contributed by atoms with Crippen LogP contribution in [0.4, 0.5) is 13.2 Å². The molecule has 4 rings (SSSR count). The third-order valence-electron chi connectivity index (χ3n) is 5.11. The van der Waals surface area contributed by atoms with Crippen molar-refractivity contribution in [2.45, 2.75) is 43.1 Å². The van der Waals surface area contributed by atoms with Gasteiger partial charge in [0.25, 0.3) is 0 Å². The summed E-state index contributed by atoms with van der Waals surface area (Å²) in [6, 6.07) is 3.51. The van der Waals surface area contributed by atoms with E-state index in [2.05, 4.69) is 19.9 Å². The summed E-state index contributed by atoms with van der Waals surface area (Å²) in [5.41, 5.74) is 2.21. The average molecular weight is 443 g/mol. The van der Waals surface area contributed by atoms with Crippen LogP contribution in [0.1, 0.15) is 25.7 Å². The van der Waals surface area contributed by atoms with E-state index in [0.29, 0.717) is 34.7 Å². The number of pyridine rings is 1. The Morgan fingerprint density at radius 3 is 2.66 bits per heavy atom. The maximum atomic E-state index is 12.9. The lowest BCUT2D eigenvalue weighted by atomic mass is 9.87. The molecule has 154 valence electrons. The van der Waals surface area contributed by atoms with E-state index in [0.717, 1.165) is 16.5 Å². The average Bonchev–Trinajstić information content (AvgIpc) is 3.13. The third kappa shape index (κ3) is 4.30. The molecule has 10 heteroatoms. The van der Waals surface area contributed by atoms with Gasteiger partial charge in [0.2, 0.25) is 5.88 Å². The molecule has 1 aliphatic carbocycles. The summed E-state index contributed by atoms with van der Waals surface area (Å²) in [6.07, 6.45) is 1.67. The van der Waals surface area contributed by atoms with E-state index in [1.54, 1.807) is 18.5 Å². The van der Waals surface area contributed by atoms with Crippen LogP contribution in [0.25, 0.3) is 22.2 Å². The van der Waals surface area contributed by atoms with Crippen molar-refractivity contribution >= 4 is 34.3 Å². The lowest BCUT2D eigenvalue weighted by Crippen LogP contribution is -2.32. The number of thioether (sulfide) groups is 1. The van der Waals surface area contributed by atoms with Crippen LogP contribution in [0, 0.1) is 5.92 Å². The van der Waals surface area contributed by atoms with Gasteiger partial charge in [-0.3, -0.25) is 0 Å². The Bertz CT molecular complexity index is 1020. The highest BCUT2D eigenvalue weighted by Gasteiger charge is 2.41. The van der Waals surface area contributed by atoms with Crippen LogP contribution < -0.4 is 4.74 Å². The minimum Gasteiger partial charge on any atom is -0.474 e. The first-order valence-corrected chi connectivity index (χ1v) is 10.7. The normalized spacial score (nSPS) is 20.2. The molecule has 5 nitrogen and oxygen atoms in total. The number of rotatable bonds is 4. The third-order valence-corrected chi connectivity index (χ3v) is 5.95. The number of H-pyrrole nitrogens is 1. The Morgan fingerprint density at radius 1 is 1.21 bits per heavy atom. The van der Waals surface area contributed by atoms with Gasteiger partial charge in [0.05, 0.1) is 17.1 Å². The minimum absolute atomic E-state index is 0.0746. The Morgan fingerprint density at radius 2 is 1.97 bits per heavy atom. The molecule has 1 fully saturated rings. The summed E-state index contributed by atoms with van der Waals surface area (Å²) < 4.78 is 44.6. The van der Waals surface area contributed by atoms with Crippen LogP contribution in [0.15, 0.2) is 29.7 Å². The molecule has 0 aromatic carbocycles. The highest BCUT2D eigenvalue weighted by atomic mass is 35.5. The van der Waals surface area contributed by atoms with E-state index in [1.807, 2.05) is 12.3 Å². The predicted octanol–water partition coefficient (Wildman–Crippen LogP) is 5.90. The molecule has 29 heavy (non-hydrogen) atoms. The maximum Gasteiger partial charge on any atom is 0.391 e. The lowest BCUT2D eigenvalue weighted by Gasteiger charge is -2.29. The molecule has 1 aliphatic rings. The molecule has 0 saturated heterocycles. The van der Waals surface area contributed by atoms with Crippen molar-refractivity contribution in [2.24, 2.45) is 5.92 Å². The Balaban J connectivity index is 1.60. The number of nitrogens with one attached hydrogen (secondary N) is 1. The zero-order chi connectivity index (χ0) is 20.6. The van der Waals surface area contributed by atoms with Gasteiger partial charge in [0, 0.05) is 29.4 Å². The first kappa shape index (κ1) is 20.3. The molecule has 0 bridgehead atoms. The molecule has 0 spiro atoms. The molecule has 1 N–H and O–H groups in total. The van der Waals surface area contributed by atoms with Gasteiger partial charge in [-0.15, -0.1) is 0 Å². The van der Waals surface area contributed by atoms with Gasteiger partial charge in [0.15, 0.2) is 5.16 Å². The highest BCUT2D eigenvalue weighted by molar-refractivity contribution is 7.98. The van der Waals surface area contributed by atoms with E-state index >= 15 is 0 Å². The summed E-state index contributed by atoms with van der Waals surface area (Å²) in [5.74, 6) is -0.893. The number of hydrogen-bond acceptors (Lipinski definition) is 5. The Hall–Kier alpha value is -2.00. The van der Waals surface area contributed by atoms with Crippen molar-refractivity contribution in [3.8, 4) is 17.1 Å². The second kappa shape index (κ2) is 8.02. The van der Waals surface area contributed by atoms with Crippen molar-refractivity contribution in [3.63, 3.8) is 0 Å². The largest absolute Gasteiger partial charge is 0.474 e. The summed E-state index contributed by atoms with van der Waals surface area (Å²) in [5, 5.41) is 1.61. The summed E-state index contributed by atoms with van der Waals surface area (Å²) in [4.78, 5) is 16.2. The van der Waals surface area contributed by atoms with Crippen LogP contribution >= 0.6 is 23.4 Å². The van der Waals surface area contributed by atoms with E-state index in [9.17, 15) is 13.2 Å². The second-order valence-electron chi connectivity index (χ2n) is 6.94. The fraction of sp³-hybridized carbons (Fsp3) is 0.421. The van der Waals surface area contributed by atoms with E-state index in [-0.39, 0.29) is 18.9 Å². The predicted molar refractivity (Wildman–Crippen MR) is 106 cm³/mol. The second-order valence-corrected chi connectivity index (χ2v) is 8.07. The highest BCUT2D eigenvalue weighted by Crippen LogP contribution is 2.39. The number of hydrogen-bond donors (Lipinski definition) is 1. The van der Waals surface area contributed by atoms with Crippen LogP contribution in [-0.2, 0) is 0 Å². The monoisotopic (exact) mass is 442 g/mol. The van der Waals surface area contributed by atoms with Gasteiger partial charge in [-0.1, -0.05) is 23.4 Å². The first-order valence-electron chi connectivity index (χ1n) is 9.13. The SMILES string of the molecule is CSc1nc(OC2CCC(C(F)(F)F)CC2)cc(-c2c[nH]c3ccnc(Cl)c23)n1. The van der Waals surface area contributed by atoms with Crippen LogP contribution in [0.3, 0.4) is 0 Å². The number of halogens is 4. The smallest absolute Gasteiger partial charge is 0.391 e. The van der Waals surface area contributed by atoms with Crippen molar-refractivity contribution in [1.82, 2.24) is 19.9 Å². The number of aromatic nitrogens is 4. The first-order chi connectivity index (χ1) is 13.8. The topological polar surface area (TPSA) is 63.7 Å². The van der Waals surface area contributed by atoms with E-state index in [1.165, 1.54) is 11.8 Å². The van der Waals surface area contributed by atoms with Gasteiger partial charge in [-0.05, 0) is 38.0 Å². The molecule has 3 aromatic heterocycles. The Kier molecular flexibility index (Phi) is 5.61. The van der Waals surface area contributed by atoms with Crippen molar-refractivity contribution in [2.75, 3.05) is 6.26 Å². The van der Waals surface area contributed by atoms with Crippen LogP contribution in [0.2, 0.25) is 5.15 Å². The number of fused-ring (bicyclic) bond motifs is 1. The van der Waals surface area contributed by atoms with Crippen molar-refractivity contribution in [1.29, 1.82) is 0 Å². The number of aromatic amines is 1.